The third-order valence-electron chi connectivity index (χ3n) is 4.42. The summed E-state index contributed by atoms with van der Waals surface area (Å²) in [6.45, 7) is 5.32. The average Bonchev–Trinajstić information content (AvgIpc) is 3.15. The van der Waals surface area contributed by atoms with Crippen LogP contribution < -0.4 is 0 Å². The summed E-state index contributed by atoms with van der Waals surface area (Å²) in [5.74, 6) is -0.317. The lowest BCUT2D eigenvalue weighted by molar-refractivity contribution is -0.126. The second kappa shape index (κ2) is 9.51. The van der Waals surface area contributed by atoms with E-state index in [1.165, 1.54) is 12.1 Å². The first-order valence-electron chi connectivity index (χ1n) is 9.17. The van der Waals surface area contributed by atoms with E-state index in [2.05, 4.69) is 11.1 Å². The lowest BCUT2D eigenvalue weighted by Crippen LogP contribution is -2.30. The fourth-order valence-electron chi connectivity index (χ4n) is 2.95. The highest BCUT2D eigenvalue weighted by atomic mass is 19.1. The minimum absolute atomic E-state index is 0.0710. The summed E-state index contributed by atoms with van der Waals surface area (Å²) in [5, 5.41) is 0. The van der Waals surface area contributed by atoms with Crippen LogP contribution in [0.25, 0.3) is 6.08 Å². The number of hydrogen-bond acceptors (Lipinski definition) is 1. The van der Waals surface area contributed by atoms with E-state index < -0.39 is 0 Å². The van der Waals surface area contributed by atoms with Gasteiger partial charge in [-0.2, -0.15) is 0 Å². The lowest BCUT2D eigenvalue weighted by Gasteiger charge is -2.21. The Hall–Kier alpha value is -3.40. The van der Waals surface area contributed by atoms with E-state index in [1.807, 2.05) is 54.7 Å². The molecule has 0 N–H and O–H groups in total. The minimum atomic E-state index is -0.246. The van der Waals surface area contributed by atoms with Crippen molar-refractivity contribution < 1.29 is 9.18 Å². The van der Waals surface area contributed by atoms with E-state index in [4.69, 9.17) is 0 Å². The molecule has 1 aromatic heterocycles. The van der Waals surface area contributed by atoms with Gasteiger partial charge in [0.25, 0.3) is 0 Å². The molecule has 1 heterocycles. The molecule has 0 saturated carbocycles. The molecule has 3 rings (SSSR count). The Balaban J connectivity index is 1.71. The van der Waals surface area contributed by atoms with Gasteiger partial charge in [0.15, 0.2) is 0 Å². The molecular weight excluding hydrogens is 351 g/mol. The van der Waals surface area contributed by atoms with Crippen LogP contribution in [0.15, 0.2) is 91.7 Å². The number of nitrogens with zero attached hydrogens (tertiary/aromatic N) is 2. The number of aromatic nitrogens is 1. The topological polar surface area (TPSA) is 25.2 Å². The molecule has 4 heteroatoms. The third kappa shape index (κ3) is 5.30. The molecule has 1 amide bonds. The maximum atomic E-state index is 13.1. The average molecular weight is 374 g/mol. The summed E-state index contributed by atoms with van der Waals surface area (Å²) in [6, 6.07) is 20.1. The standard InChI is InChI=1S/C24H23FN2O/c1-2-16-27(24(28)15-12-20-7-4-3-5-8-20)19-23-9-6-17-26(23)18-21-10-13-22(25)14-11-21/h2-15,17H,1,16,18-19H2. The van der Waals surface area contributed by atoms with Gasteiger partial charge < -0.3 is 9.47 Å². The van der Waals surface area contributed by atoms with Gasteiger partial charge in [0, 0.05) is 31.1 Å². The van der Waals surface area contributed by atoms with Crippen LogP contribution in [0.2, 0.25) is 0 Å². The van der Waals surface area contributed by atoms with Crippen molar-refractivity contribution in [2.45, 2.75) is 13.1 Å². The fraction of sp³-hybridized carbons (Fsp3) is 0.125. The molecule has 142 valence electrons. The molecule has 0 bridgehead atoms. The van der Waals surface area contributed by atoms with Gasteiger partial charge >= 0.3 is 0 Å². The van der Waals surface area contributed by atoms with Crippen LogP contribution in [-0.4, -0.2) is 21.9 Å². The van der Waals surface area contributed by atoms with Crippen LogP contribution in [0.5, 0.6) is 0 Å². The van der Waals surface area contributed by atoms with Gasteiger partial charge in [0.2, 0.25) is 5.91 Å². The second-order valence-electron chi connectivity index (χ2n) is 6.51. The molecule has 0 saturated heterocycles. The molecule has 0 atom stereocenters. The first-order chi connectivity index (χ1) is 13.7. The van der Waals surface area contributed by atoms with E-state index in [1.54, 1.807) is 29.2 Å². The third-order valence-corrected chi connectivity index (χ3v) is 4.42. The number of amides is 1. The Morgan fingerprint density at radius 3 is 2.50 bits per heavy atom. The van der Waals surface area contributed by atoms with E-state index in [-0.39, 0.29) is 11.7 Å². The van der Waals surface area contributed by atoms with Crippen LogP contribution in [0.3, 0.4) is 0 Å². The van der Waals surface area contributed by atoms with Gasteiger partial charge in [0.05, 0.1) is 6.54 Å². The van der Waals surface area contributed by atoms with Crippen molar-refractivity contribution in [3.05, 3.63) is 114 Å². The van der Waals surface area contributed by atoms with Gasteiger partial charge in [-0.1, -0.05) is 48.5 Å². The van der Waals surface area contributed by atoms with Crippen molar-refractivity contribution in [2.24, 2.45) is 0 Å². The molecule has 3 aromatic rings. The van der Waals surface area contributed by atoms with E-state index in [0.717, 1.165) is 16.8 Å². The van der Waals surface area contributed by atoms with Crippen LogP contribution in [-0.2, 0) is 17.9 Å². The Bertz CT molecular complexity index is 942. The number of carbonyl (C=O) groups is 1. The Kier molecular flexibility index (Phi) is 6.58. The van der Waals surface area contributed by atoms with E-state index in [0.29, 0.717) is 19.6 Å². The summed E-state index contributed by atoms with van der Waals surface area (Å²) in [5.41, 5.74) is 2.99. The van der Waals surface area contributed by atoms with Gasteiger partial charge in [-0.25, -0.2) is 4.39 Å². The molecule has 2 aromatic carbocycles. The number of hydrogen-bond donors (Lipinski definition) is 0. The zero-order valence-electron chi connectivity index (χ0n) is 15.7. The van der Waals surface area contributed by atoms with E-state index >= 15 is 0 Å². The van der Waals surface area contributed by atoms with Crippen molar-refractivity contribution >= 4 is 12.0 Å². The highest BCUT2D eigenvalue weighted by Crippen LogP contribution is 2.12. The highest BCUT2D eigenvalue weighted by Gasteiger charge is 2.12. The first-order valence-corrected chi connectivity index (χ1v) is 9.17. The molecule has 3 nitrogen and oxygen atoms in total. The molecule has 0 unspecified atom stereocenters. The molecular formula is C24H23FN2O. The zero-order valence-corrected chi connectivity index (χ0v) is 15.7. The van der Waals surface area contributed by atoms with Crippen LogP contribution in [0.4, 0.5) is 4.39 Å². The molecule has 0 fully saturated rings. The maximum Gasteiger partial charge on any atom is 0.247 e. The molecule has 0 aliphatic carbocycles. The Labute approximate surface area is 165 Å². The SMILES string of the molecule is C=CCN(Cc1cccn1Cc1ccc(F)cc1)C(=O)C=Cc1ccccc1. The van der Waals surface area contributed by atoms with Crippen molar-refractivity contribution in [1.29, 1.82) is 0 Å². The minimum Gasteiger partial charge on any atom is -0.345 e. The summed E-state index contributed by atoms with van der Waals surface area (Å²) >= 11 is 0. The quantitative estimate of drug-likeness (QED) is 0.406. The van der Waals surface area contributed by atoms with Crippen LogP contribution in [0, 0.1) is 5.82 Å². The monoisotopic (exact) mass is 374 g/mol. The van der Waals surface area contributed by atoms with Crippen LogP contribution >= 0.6 is 0 Å². The normalized spacial score (nSPS) is 10.9. The molecule has 0 aliphatic rings. The van der Waals surface area contributed by atoms with Gasteiger partial charge in [-0.15, -0.1) is 6.58 Å². The summed E-state index contributed by atoms with van der Waals surface area (Å²) in [7, 11) is 0. The number of rotatable bonds is 8. The Morgan fingerprint density at radius 2 is 1.79 bits per heavy atom. The van der Waals surface area contributed by atoms with Gasteiger partial charge in [-0.05, 0) is 41.5 Å². The largest absolute Gasteiger partial charge is 0.345 e. The van der Waals surface area contributed by atoms with E-state index in [9.17, 15) is 9.18 Å². The number of halogens is 1. The maximum absolute atomic E-state index is 13.1. The van der Waals surface area contributed by atoms with Crippen molar-refractivity contribution in [3.8, 4) is 0 Å². The summed E-state index contributed by atoms with van der Waals surface area (Å²) in [6.07, 6.45) is 7.10. The van der Waals surface area contributed by atoms with Crippen molar-refractivity contribution in [3.63, 3.8) is 0 Å². The second-order valence-corrected chi connectivity index (χ2v) is 6.51. The predicted molar refractivity (Wildman–Crippen MR) is 111 cm³/mol. The van der Waals surface area contributed by atoms with Gasteiger partial charge in [0.1, 0.15) is 5.82 Å². The summed E-state index contributed by atoms with van der Waals surface area (Å²) < 4.78 is 15.2. The van der Waals surface area contributed by atoms with Crippen molar-refractivity contribution in [1.82, 2.24) is 9.47 Å². The fourth-order valence-corrected chi connectivity index (χ4v) is 2.95. The summed E-state index contributed by atoms with van der Waals surface area (Å²) in [4.78, 5) is 14.4. The van der Waals surface area contributed by atoms with Crippen molar-refractivity contribution in [2.75, 3.05) is 6.54 Å². The zero-order chi connectivity index (χ0) is 19.8. The lowest BCUT2D eigenvalue weighted by atomic mass is 10.2. The predicted octanol–water partition coefficient (Wildman–Crippen LogP) is 4.90. The highest BCUT2D eigenvalue weighted by molar-refractivity contribution is 5.91. The van der Waals surface area contributed by atoms with Gasteiger partial charge in [-0.3, -0.25) is 4.79 Å². The molecule has 28 heavy (non-hydrogen) atoms. The smallest absolute Gasteiger partial charge is 0.247 e. The molecule has 0 aliphatic heterocycles. The first kappa shape index (κ1) is 19.4. The number of benzene rings is 2. The van der Waals surface area contributed by atoms with Crippen LogP contribution in [0.1, 0.15) is 16.8 Å². The Morgan fingerprint density at radius 1 is 1.04 bits per heavy atom. The molecule has 0 radical (unpaired) electrons. The molecule has 0 spiro atoms. The number of carbonyl (C=O) groups excluding carboxylic acids is 1.